The first-order valence-electron chi connectivity index (χ1n) is 9.03. The number of nitro benzene ring substituents is 1. The molecule has 9 heteroatoms. The number of nitrogens with one attached hydrogen (secondary N) is 3. The molecule has 2 atom stereocenters. The molecule has 0 heterocycles. The molecular weight excluding hydrogens is 376 g/mol. The van der Waals surface area contributed by atoms with Gasteiger partial charge in [0.25, 0.3) is 17.5 Å². The molecule has 29 heavy (non-hydrogen) atoms. The second-order valence-corrected chi connectivity index (χ2v) is 6.79. The number of hydrogen-bond donors (Lipinski definition) is 3. The lowest BCUT2D eigenvalue weighted by Gasteiger charge is -2.21. The van der Waals surface area contributed by atoms with E-state index < -0.39 is 11.0 Å². The van der Waals surface area contributed by atoms with E-state index in [1.54, 1.807) is 14.0 Å². The van der Waals surface area contributed by atoms with Crippen LogP contribution in [0.5, 0.6) is 5.75 Å². The summed E-state index contributed by atoms with van der Waals surface area (Å²) in [6, 6.07) is 10.8. The van der Waals surface area contributed by atoms with E-state index in [4.69, 9.17) is 4.74 Å². The largest absolute Gasteiger partial charge is 0.495 e. The van der Waals surface area contributed by atoms with Crippen molar-refractivity contribution in [3.8, 4) is 5.75 Å². The van der Waals surface area contributed by atoms with Gasteiger partial charge < -0.3 is 20.3 Å². The maximum Gasteiger partial charge on any atom is 0.282 e. The molecule has 0 saturated carbocycles. The van der Waals surface area contributed by atoms with Crippen molar-refractivity contribution in [3.63, 3.8) is 0 Å². The third-order valence-corrected chi connectivity index (χ3v) is 4.56. The molecule has 0 bridgehead atoms. The number of carbonyl (C=O) groups is 2. The molecule has 0 aliphatic carbocycles. The molecule has 0 spiro atoms. The fraction of sp³-hybridized carbons (Fsp3) is 0.300. The van der Waals surface area contributed by atoms with E-state index >= 15 is 0 Å². The smallest absolute Gasteiger partial charge is 0.282 e. The number of methoxy groups -OCH3 is 1. The fourth-order valence-electron chi connectivity index (χ4n) is 2.62. The summed E-state index contributed by atoms with van der Waals surface area (Å²) in [5.41, 5.74) is 1.82. The Hall–Kier alpha value is -3.46. The number of carbonyl (C=O) groups excluding carboxylic acids is 2. The minimum absolute atomic E-state index is 0.0779. The summed E-state index contributed by atoms with van der Waals surface area (Å²) in [5, 5.41) is 16.4. The first kappa shape index (κ1) is 21.8. The Labute approximate surface area is 168 Å². The highest BCUT2D eigenvalue weighted by atomic mass is 16.6. The fourth-order valence-corrected chi connectivity index (χ4v) is 2.62. The van der Waals surface area contributed by atoms with Crippen molar-refractivity contribution in [1.29, 1.82) is 0 Å². The molecule has 2 aromatic rings. The SMILES string of the molecule is COc1ccc([N+](=O)[O-])cc1NC(=O)[C@H](C)[NH+](C)CC(=O)Nc1ccc(C)cc1. The highest BCUT2D eigenvalue weighted by Crippen LogP contribution is 2.28. The Balaban J connectivity index is 2.00. The first-order chi connectivity index (χ1) is 13.7. The molecule has 154 valence electrons. The van der Waals surface area contributed by atoms with E-state index in [0.717, 1.165) is 5.56 Å². The average molecular weight is 401 g/mol. The number of amides is 2. The predicted octanol–water partition coefficient (Wildman–Crippen LogP) is 1.39. The van der Waals surface area contributed by atoms with Crippen LogP contribution in [0, 0.1) is 17.0 Å². The van der Waals surface area contributed by atoms with Crippen LogP contribution in [0.1, 0.15) is 12.5 Å². The van der Waals surface area contributed by atoms with Crippen LogP contribution in [-0.2, 0) is 9.59 Å². The lowest BCUT2D eigenvalue weighted by Crippen LogP contribution is -3.14. The Bertz CT molecular complexity index is 898. The number of anilines is 2. The van der Waals surface area contributed by atoms with Crippen LogP contribution in [0.3, 0.4) is 0 Å². The number of quaternary nitrogens is 1. The Morgan fingerprint density at radius 2 is 1.83 bits per heavy atom. The van der Waals surface area contributed by atoms with E-state index in [9.17, 15) is 19.7 Å². The standard InChI is InChI=1S/C20H24N4O5/c1-13-5-7-15(8-6-13)21-19(25)12-23(3)14(2)20(26)22-17-11-16(24(27)28)9-10-18(17)29-4/h5-11,14H,12H2,1-4H3,(H,21,25)(H,22,26)/p+1/t14-/m0/s1. The summed E-state index contributed by atoms with van der Waals surface area (Å²) < 4.78 is 5.15. The van der Waals surface area contributed by atoms with Crippen LogP contribution in [0.2, 0.25) is 0 Å². The van der Waals surface area contributed by atoms with Crippen LogP contribution in [0.25, 0.3) is 0 Å². The van der Waals surface area contributed by atoms with Crippen molar-refractivity contribution in [3.05, 3.63) is 58.1 Å². The monoisotopic (exact) mass is 401 g/mol. The number of aryl methyl sites for hydroxylation is 1. The second-order valence-electron chi connectivity index (χ2n) is 6.79. The molecule has 2 rings (SSSR count). The summed E-state index contributed by atoms with van der Waals surface area (Å²) in [4.78, 5) is 35.9. The van der Waals surface area contributed by atoms with Crippen LogP contribution >= 0.6 is 0 Å². The van der Waals surface area contributed by atoms with E-state index in [2.05, 4.69) is 10.6 Å². The van der Waals surface area contributed by atoms with Gasteiger partial charge in [0.15, 0.2) is 12.6 Å². The quantitative estimate of drug-likeness (QED) is 0.457. The van der Waals surface area contributed by atoms with E-state index in [-0.39, 0.29) is 29.7 Å². The first-order valence-corrected chi connectivity index (χ1v) is 9.03. The molecule has 0 fully saturated rings. The summed E-state index contributed by atoms with van der Waals surface area (Å²) in [6.07, 6.45) is 0. The number of likely N-dealkylation sites (N-methyl/N-ethyl adjacent to an activating group) is 1. The molecule has 2 amide bonds. The van der Waals surface area contributed by atoms with Crippen LogP contribution in [0.4, 0.5) is 17.1 Å². The van der Waals surface area contributed by atoms with Gasteiger partial charge in [0.1, 0.15) is 5.75 Å². The zero-order chi connectivity index (χ0) is 21.6. The Kier molecular flexibility index (Phi) is 7.27. The van der Waals surface area contributed by atoms with Gasteiger partial charge in [-0.3, -0.25) is 19.7 Å². The van der Waals surface area contributed by atoms with Crippen molar-refractivity contribution in [2.45, 2.75) is 19.9 Å². The third-order valence-electron chi connectivity index (χ3n) is 4.56. The van der Waals surface area contributed by atoms with Gasteiger partial charge in [-0.1, -0.05) is 17.7 Å². The number of nitrogens with zero attached hydrogens (tertiary/aromatic N) is 1. The topological polar surface area (TPSA) is 115 Å². The summed E-state index contributed by atoms with van der Waals surface area (Å²) >= 11 is 0. The molecule has 0 aliphatic heterocycles. The van der Waals surface area contributed by atoms with Crippen molar-refractivity contribution in [1.82, 2.24) is 0 Å². The highest BCUT2D eigenvalue weighted by molar-refractivity contribution is 5.96. The minimum atomic E-state index is -0.581. The van der Waals surface area contributed by atoms with E-state index in [1.165, 1.54) is 25.3 Å². The zero-order valence-electron chi connectivity index (χ0n) is 16.8. The van der Waals surface area contributed by atoms with Crippen molar-refractivity contribution < 1.29 is 24.1 Å². The number of nitro groups is 1. The maximum atomic E-state index is 12.6. The van der Waals surface area contributed by atoms with Gasteiger partial charge in [-0.15, -0.1) is 0 Å². The molecule has 0 aliphatic rings. The second kappa shape index (κ2) is 9.65. The molecule has 0 radical (unpaired) electrons. The minimum Gasteiger partial charge on any atom is -0.495 e. The molecule has 0 aromatic heterocycles. The summed E-state index contributed by atoms with van der Waals surface area (Å²) in [5.74, 6) is -0.297. The lowest BCUT2D eigenvalue weighted by atomic mass is 10.2. The van der Waals surface area contributed by atoms with Gasteiger partial charge >= 0.3 is 0 Å². The third kappa shape index (κ3) is 6.01. The van der Waals surface area contributed by atoms with Gasteiger partial charge in [-0.2, -0.15) is 0 Å². The van der Waals surface area contributed by atoms with Gasteiger partial charge in [0.05, 0.1) is 24.8 Å². The Morgan fingerprint density at radius 3 is 2.41 bits per heavy atom. The molecule has 3 N–H and O–H groups in total. The average Bonchev–Trinajstić information content (AvgIpc) is 2.68. The van der Waals surface area contributed by atoms with E-state index in [1.807, 2.05) is 31.2 Å². The number of ether oxygens (including phenoxy) is 1. The van der Waals surface area contributed by atoms with Gasteiger partial charge in [0.2, 0.25) is 0 Å². The highest BCUT2D eigenvalue weighted by Gasteiger charge is 2.25. The molecule has 1 unspecified atom stereocenters. The molecule has 2 aromatic carbocycles. The number of non-ortho nitro benzene ring substituents is 1. The van der Waals surface area contributed by atoms with Crippen LogP contribution < -0.4 is 20.3 Å². The molecule has 0 saturated heterocycles. The summed E-state index contributed by atoms with van der Waals surface area (Å²) in [6.45, 7) is 3.71. The normalized spacial score (nSPS) is 12.6. The van der Waals surface area contributed by atoms with Crippen molar-refractivity contribution in [2.24, 2.45) is 0 Å². The lowest BCUT2D eigenvalue weighted by molar-refractivity contribution is -0.885. The van der Waals surface area contributed by atoms with Gasteiger partial charge in [-0.25, -0.2) is 0 Å². The zero-order valence-corrected chi connectivity index (χ0v) is 16.8. The molecular formula is C20H25N4O5+. The maximum absolute atomic E-state index is 12.6. The Morgan fingerprint density at radius 1 is 1.17 bits per heavy atom. The van der Waals surface area contributed by atoms with E-state index in [0.29, 0.717) is 16.3 Å². The summed E-state index contributed by atoms with van der Waals surface area (Å²) in [7, 11) is 3.14. The van der Waals surface area contributed by atoms with Crippen LogP contribution in [-0.4, -0.2) is 43.5 Å². The number of hydrogen-bond acceptors (Lipinski definition) is 5. The van der Waals surface area contributed by atoms with Crippen molar-refractivity contribution >= 4 is 28.9 Å². The number of rotatable bonds is 8. The predicted molar refractivity (Wildman–Crippen MR) is 109 cm³/mol. The van der Waals surface area contributed by atoms with Crippen LogP contribution in [0.15, 0.2) is 42.5 Å². The number of benzene rings is 2. The molecule has 9 nitrogen and oxygen atoms in total. The van der Waals surface area contributed by atoms with Gasteiger partial charge in [0, 0.05) is 17.8 Å². The van der Waals surface area contributed by atoms with Crippen molar-refractivity contribution in [2.75, 3.05) is 31.3 Å². The van der Waals surface area contributed by atoms with Gasteiger partial charge in [-0.05, 0) is 32.0 Å².